The van der Waals surface area contributed by atoms with Crippen LogP contribution >= 0.6 is 24.8 Å². The molecule has 0 spiro atoms. The number of nitrogens with two attached hydrogens (primary N) is 1. The number of benzene rings is 1. The van der Waals surface area contributed by atoms with Crippen molar-refractivity contribution in [2.24, 2.45) is 5.73 Å². The molecule has 5 heteroatoms. The van der Waals surface area contributed by atoms with Crippen molar-refractivity contribution < 1.29 is 4.79 Å². The number of nitrogens with zero attached hydrogens (tertiary/aromatic N) is 1. The standard InChI is InChI=1S/C11H10N2O.2ClH/c12-11(14)6-8-5-9-3-1-2-4-10(9)13-7-8;;/h1-5,7H,6H2,(H2,12,14);2*1H. The van der Waals surface area contributed by atoms with Crippen molar-refractivity contribution in [3.8, 4) is 0 Å². The zero-order valence-corrected chi connectivity index (χ0v) is 10.1. The van der Waals surface area contributed by atoms with E-state index in [-0.39, 0.29) is 37.1 Å². The van der Waals surface area contributed by atoms with Gasteiger partial charge in [0.05, 0.1) is 11.9 Å². The van der Waals surface area contributed by atoms with Gasteiger partial charge < -0.3 is 5.73 Å². The van der Waals surface area contributed by atoms with Crippen LogP contribution in [0.15, 0.2) is 36.5 Å². The van der Waals surface area contributed by atoms with Crippen molar-refractivity contribution in [2.75, 3.05) is 0 Å². The summed E-state index contributed by atoms with van der Waals surface area (Å²) in [6.45, 7) is 0. The van der Waals surface area contributed by atoms with Crippen LogP contribution in [0.3, 0.4) is 0 Å². The summed E-state index contributed by atoms with van der Waals surface area (Å²) < 4.78 is 0. The fraction of sp³-hybridized carbons (Fsp3) is 0.0909. The van der Waals surface area contributed by atoms with Gasteiger partial charge in [-0.25, -0.2) is 0 Å². The predicted octanol–water partition coefficient (Wildman–Crippen LogP) is 2.11. The van der Waals surface area contributed by atoms with Gasteiger partial charge in [0.25, 0.3) is 0 Å². The molecule has 0 aliphatic carbocycles. The van der Waals surface area contributed by atoms with Crippen molar-refractivity contribution in [1.29, 1.82) is 0 Å². The van der Waals surface area contributed by atoms with Crippen LogP contribution in [0.5, 0.6) is 0 Å². The summed E-state index contributed by atoms with van der Waals surface area (Å²) in [6, 6.07) is 9.71. The lowest BCUT2D eigenvalue weighted by molar-refractivity contribution is -0.117. The first-order valence-electron chi connectivity index (χ1n) is 4.38. The number of pyridine rings is 1. The van der Waals surface area contributed by atoms with Crippen LogP contribution in [-0.4, -0.2) is 10.9 Å². The number of fused-ring (bicyclic) bond motifs is 1. The molecule has 86 valence electrons. The van der Waals surface area contributed by atoms with Crippen molar-refractivity contribution >= 4 is 41.6 Å². The van der Waals surface area contributed by atoms with Gasteiger partial charge in [0.1, 0.15) is 0 Å². The Balaban J connectivity index is 0.00000112. The lowest BCUT2D eigenvalue weighted by Crippen LogP contribution is -2.13. The van der Waals surface area contributed by atoms with Gasteiger partial charge in [-0.15, -0.1) is 24.8 Å². The highest BCUT2D eigenvalue weighted by atomic mass is 35.5. The Morgan fingerprint density at radius 3 is 2.62 bits per heavy atom. The Morgan fingerprint density at radius 1 is 1.25 bits per heavy atom. The molecule has 0 aliphatic heterocycles. The van der Waals surface area contributed by atoms with Crippen LogP contribution in [0, 0.1) is 0 Å². The third kappa shape index (κ3) is 3.36. The molecular weight excluding hydrogens is 247 g/mol. The molecule has 2 rings (SSSR count). The van der Waals surface area contributed by atoms with Crippen LogP contribution in [0.25, 0.3) is 10.9 Å². The smallest absolute Gasteiger partial charge is 0.221 e. The molecular formula is C11H12Cl2N2O. The SMILES string of the molecule is Cl.Cl.NC(=O)Cc1cnc2ccccc2c1. The van der Waals surface area contributed by atoms with E-state index in [0.29, 0.717) is 0 Å². The molecule has 0 radical (unpaired) electrons. The van der Waals surface area contributed by atoms with Crippen molar-refractivity contribution in [3.63, 3.8) is 0 Å². The summed E-state index contributed by atoms with van der Waals surface area (Å²) in [5, 5.41) is 1.03. The lowest BCUT2D eigenvalue weighted by Gasteiger charge is -1.99. The molecule has 16 heavy (non-hydrogen) atoms. The van der Waals surface area contributed by atoms with E-state index < -0.39 is 0 Å². The summed E-state index contributed by atoms with van der Waals surface area (Å²) in [6.07, 6.45) is 1.94. The zero-order valence-electron chi connectivity index (χ0n) is 8.42. The van der Waals surface area contributed by atoms with Crippen LogP contribution in [0.2, 0.25) is 0 Å². The van der Waals surface area contributed by atoms with Gasteiger partial charge in [-0.05, 0) is 17.7 Å². The average Bonchev–Trinajstić information content (AvgIpc) is 2.17. The lowest BCUT2D eigenvalue weighted by atomic mass is 10.1. The zero-order chi connectivity index (χ0) is 9.97. The number of rotatable bonds is 2. The molecule has 0 atom stereocenters. The van der Waals surface area contributed by atoms with E-state index in [1.54, 1.807) is 6.20 Å². The Labute approximate surface area is 106 Å². The first-order chi connectivity index (χ1) is 6.75. The Hall–Kier alpha value is -1.32. The van der Waals surface area contributed by atoms with Crippen molar-refractivity contribution in [1.82, 2.24) is 4.98 Å². The molecule has 1 aromatic carbocycles. The van der Waals surface area contributed by atoms with Crippen LogP contribution in [0.4, 0.5) is 0 Å². The molecule has 0 unspecified atom stereocenters. The summed E-state index contributed by atoms with van der Waals surface area (Å²) in [5.74, 6) is -0.331. The summed E-state index contributed by atoms with van der Waals surface area (Å²) in [5.41, 5.74) is 6.89. The normalized spacial score (nSPS) is 9.00. The molecule has 2 N–H and O–H groups in total. The molecule has 0 saturated heterocycles. The number of carbonyl (C=O) groups is 1. The van der Waals surface area contributed by atoms with Gasteiger partial charge >= 0.3 is 0 Å². The Morgan fingerprint density at radius 2 is 1.94 bits per heavy atom. The van der Waals surface area contributed by atoms with Gasteiger partial charge in [0, 0.05) is 11.6 Å². The van der Waals surface area contributed by atoms with E-state index in [2.05, 4.69) is 4.98 Å². The molecule has 0 saturated carbocycles. The molecule has 0 aliphatic rings. The number of halogens is 2. The number of hydrogen-bond donors (Lipinski definition) is 1. The highest BCUT2D eigenvalue weighted by Crippen LogP contribution is 2.12. The second kappa shape index (κ2) is 6.30. The fourth-order valence-corrected chi connectivity index (χ4v) is 1.41. The third-order valence-electron chi connectivity index (χ3n) is 2.03. The highest BCUT2D eigenvalue weighted by Gasteiger charge is 2.00. The van der Waals surface area contributed by atoms with E-state index in [1.165, 1.54) is 0 Å². The summed E-state index contributed by atoms with van der Waals surface area (Å²) in [7, 11) is 0. The maximum Gasteiger partial charge on any atom is 0.221 e. The molecule has 1 heterocycles. The van der Waals surface area contributed by atoms with E-state index in [1.807, 2.05) is 30.3 Å². The van der Waals surface area contributed by atoms with Crippen LogP contribution in [-0.2, 0) is 11.2 Å². The minimum absolute atomic E-state index is 0. The molecule has 2 aromatic rings. The number of hydrogen-bond acceptors (Lipinski definition) is 2. The first kappa shape index (κ1) is 14.7. The summed E-state index contributed by atoms with van der Waals surface area (Å²) >= 11 is 0. The van der Waals surface area contributed by atoms with Gasteiger partial charge in [-0.3, -0.25) is 9.78 Å². The molecule has 3 nitrogen and oxygen atoms in total. The minimum atomic E-state index is -0.331. The Bertz CT molecular complexity index is 488. The minimum Gasteiger partial charge on any atom is -0.369 e. The number of aromatic nitrogens is 1. The monoisotopic (exact) mass is 258 g/mol. The quantitative estimate of drug-likeness (QED) is 0.897. The van der Waals surface area contributed by atoms with Gasteiger partial charge in [0.2, 0.25) is 5.91 Å². The molecule has 1 aromatic heterocycles. The van der Waals surface area contributed by atoms with Gasteiger partial charge in [-0.2, -0.15) is 0 Å². The van der Waals surface area contributed by atoms with Crippen molar-refractivity contribution in [2.45, 2.75) is 6.42 Å². The highest BCUT2D eigenvalue weighted by molar-refractivity contribution is 5.85. The number of para-hydroxylation sites is 1. The van der Waals surface area contributed by atoms with E-state index >= 15 is 0 Å². The molecule has 1 amide bonds. The second-order valence-corrected chi connectivity index (χ2v) is 3.18. The number of primary amides is 1. The van der Waals surface area contributed by atoms with Crippen LogP contribution in [0.1, 0.15) is 5.56 Å². The van der Waals surface area contributed by atoms with Crippen molar-refractivity contribution in [3.05, 3.63) is 42.1 Å². The van der Waals surface area contributed by atoms with E-state index in [0.717, 1.165) is 16.5 Å². The Kier molecular flexibility index (Phi) is 5.78. The predicted molar refractivity (Wildman–Crippen MR) is 69.1 cm³/mol. The van der Waals surface area contributed by atoms with E-state index in [9.17, 15) is 4.79 Å². The molecule has 0 bridgehead atoms. The maximum absolute atomic E-state index is 10.7. The van der Waals surface area contributed by atoms with E-state index in [4.69, 9.17) is 5.73 Å². The maximum atomic E-state index is 10.7. The largest absolute Gasteiger partial charge is 0.369 e. The second-order valence-electron chi connectivity index (χ2n) is 3.18. The summed E-state index contributed by atoms with van der Waals surface area (Å²) in [4.78, 5) is 14.9. The fourth-order valence-electron chi connectivity index (χ4n) is 1.41. The molecule has 0 fully saturated rings. The third-order valence-corrected chi connectivity index (χ3v) is 2.03. The van der Waals surface area contributed by atoms with Crippen LogP contribution < -0.4 is 5.73 Å². The number of amides is 1. The first-order valence-corrected chi connectivity index (χ1v) is 4.38. The van der Waals surface area contributed by atoms with Gasteiger partial charge in [0.15, 0.2) is 0 Å². The van der Waals surface area contributed by atoms with Gasteiger partial charge in [-0.1, -0.05) is 18.2 Å². The number of carbonyl (C=O) groups excluding carboxylic acids is 1. The topological polar surface area (TPSA) is 56.0 Å². The average molecular weight is 259 g/mol.